The number of aliphatic hydroxyl groups is 1. The second-order valence-corrected chi connectivity index (χ2v) is 11.1. The van der Waals surface area contributed by atoms with Gasteiger partial charge < -0.3 is 25.4 Å². The third-order valence-electron chi connectivity index (χ3n) is 7.83. The molecule has 8 heteroatoms. The number of rotatable bonds is 12. The van der Waals surface area contributed by atoms with Crippen LogP contribution in [0.5, 0.6) is 0 Å². The summed E-state index contributed by atoms with van der Waals surface area (Å²) in [4.78, 5) is 15.2. The van der Waals surface area contributed by atoms with Crippen molar-refractivity contribution in [2.45, 2.75) is 75.9 Å². The average Bonchev–Trinajstić information content (AvgIpc) is 3.36. The van der Waals surface area contributed by atoms with Crippen molar-refractivity contribution in [2.75, 3.05) is 40.4 Å². The number of ether oxygens (including phenoxy) is 1. The summed E-state index contributed by atoms with van der Waals surface area (Å²) in [7, 11) is 3.62. The Bertz CT molecular complexity index is 806. The van der Waals surface area contributed by atoms with Crippen LogP contribution in [-0.4, -0.2) is 62.5 Å². The number of carbonyl (C=O) groups is 1. The fraction of sp³-hybridized carbons (Fsp3) is 0.741. The van der Waals surface area contributed by atoms with E-state index < -0.39 is 5.60 Å². The van der Waals surface area contributed by atoms with Crippen molar-refractivity contribution >= 4 is 29.2 Å². The molecule has 0 spiro atoms. The van der Waals surface area contributed by atoms with E-state index in [2.05, 4.69) is 10.6 Å². The van der Waals surface area contributed by atoms with Gasteiger partial charge >= 0.3 is 6.03 Å². The molecule has 35 heavy (non-hydrogen) atoms. The fourth-order valence-corrected chi connectivity index (χ4v) is 6.41. The summed E-state index contributed by atoms with van der Waals surface area (Å²) in [5.41, 5.74) is -0.506. The van der Waals surface area contributed by atoms with Crippen LogP contribution >= 0.6 is 23.2 Å². The van der Waals surface area contributed by atoms with Crippen molar-refractivity contribution in [1.82, 2.24) is 15.5 Å². The molecule has 1 aliphatic heterocycles. The van der Waals surface area contributed by atoms with E-state index in [4.69, 9.17) is 27.9 Å². The zero-order valence-electron chi connectivity index (χ0n) is 21.3. The molecule has 1 aromatic carbocycles. The molecule has 1 aliphatic carbocycles. The van der Waals surface area contributed by atoms with Crippen LogP contribution in [-0.2, 0) is 10.3 Å². The van der Waals surface area contributed by atoms with Gasteiger partial charge in [-0.3, -0.25) is 0 Å². The molecule has 3 rings (SSSR count). The maximum atomic E-state index is 13.3. The molecule has 1 saturated heterocycles. The summed E-state index contributed by atoms with van der Waals surface area (Å²) in [6.07, 6.45) is 10.00. The number of carbonyl (C=O) groups excluding carboxylic acids is 1. The normalized spacial score (nSPS) is 21.6. The second kappa shape index (κ2) is 14.0. The topological polar surface area (TPSA) is 73.8 Å². The highest BCUT2D eigenvalue weighted by atomic mass is 35.5. The van der Waals surface area contributed by atoms with Crippen LogP contribution in [0.25, 0.3) is 0 Å². The molecule has 1 heterocycles. The van der Waals surface area contributed by atoms with E-state index in [1.807, 2.05) is 24.1 Å². The Morgan fingerprint density at radius 3 is 2.71 bits per heavy atom. The first-order valence-electron chi connectivity index (χ1n) is 13.2. The monoisotopic (exact) mass is 527 g/mol. The van der Waals surface area contributed by atoms with Gasteiger partial charge in [0.2, 0.25) is 0 Å². The van der Waals surface area contributed by atoms with Crippen molar-refractivity contribution in [2.24, 2.45) is 11.8 Å². The molecule has 1 saturated carbocycles. The molecule has 0 bridgehead atoms. The summed E-state index contributed by atoms with van der Waals surface area (Å²) >= 11 is 12.9. The number of halogens is 2. The summed E-state index contributed by atoms with van der Waals surface area (Å²) in [5.74, 6) is 0.572. The maximum Gasteiger partial charge on any atom is 0.317 e. The number of hydrogen-bond acceptors (Lipinski definition) is 4. The molecule has 6 nitrogen and oxygen atoms in total. The first-order valence-corrected chi connectivity index (χ1v) is 14.0. The highest BCUT2D eigenvalue weighted by Gasteiger charge is 2.42. The minimum Gasteiger partial charge on any atom is -0.385 e. The van der Waals surface area contributed by atoms with E-state index in [9.17, 15) is 9.90 Å². The number of piperidine rings is 1. The number of methoxy groups -OCH3 is 1. The number of urea groups is 1. The average molecular weight is 529 g/mol. The van der Waals surface area contributed by atoms with E-state index in [0.29, 0.717) is 47.6 Å². The number of benzene rings is 1. The van der Waals surface area contributed by atoms with Gasteiger partial charge in [0.05, 0.1) is 15.6 Å². The van der Waals surface area contributed by atoms with Gasteiger partial charge in [-0.2, -0.15) is 0 Å². The first-order chi connectivity index (χ1) is 16.9. The zero-order chi connectivity index (χ0) is 25.3. The largest absolute Gasteiger partial charge is 0.385 e. The minimum absolute atomic E-state index is 0.0353. The molecule has 3 unspecified atom stereocenters. The van der Waals surface area contributed by atoms with E-state index >= 15 is 0 Å². The van der Waals surface area contributed by atoms with Crippen LogP contribution in [0.1, 0.15) is 69.8 Å². The maximum absolute atomic E-state index is 13.3. The quantitative estimate of drug-likeness (QED) is 0.310. The van der Waals surface area contributed by atoms with Crippen molar-refractivity contribution in [3.8, 4) is 0 Å². The second-order valence-electron chi connectivity index (χ2n) is 10.4. The SMILES string of the molecule is CNCC(CC1CCCC1)NC(=O)N1CCCC(C(O)(CCCCOC)c2cccc(Cl)c2Cl)C1. The van der Waals surface area contributed by atoms with Crippen LogP contribution in [0, 0.1) is 11.8 Å². The molecule has 2 fully saturated rings. The van der Waals surface area contributed by atoms with Gasteiger partial charge in [-0.05, 0) is 57.6 Å². The van der Waals surface area contributed by atoms with E-state index in [0.717, 1.165) is 38.6 Å². The third kappa shape index (κ3) is 7.72. The number of hydrogen-bond donors (Lipinski definition) is 3. The molecular weight excluding hydrogens is 485 g/mol. The predicted octanol–water partition coefficient (Wildman–Crippen LogP) is 5.59. The van der Waals surface area contributed by atoms with Gasteiger partial charge in [0.1, 0.15) is 0 Å². The number of likely N-dealkylation sites (N-methyl/N-ethyl adjacent to an activating group) is 1. The highest BCUT2D eigenvalue weighted by Crippen LogP contribution is 2.44. The number of nitrogens with one attached hydrogen (secondary N) is 2. The predicted molar refractivity (Wildman–Crippen MR) is 143 cm³/mol. The third-order valence-corrected chi connectivity index (χ3v) is 8.65. The summed E-state index contributed by atoms with van der Waals surface area (Å²) < 4.78 is 5.21. The van der Waals surface area contributed by atoms with Gasteiger partial charge in [0.15, 0.2) is 0 Å². The highest BCUT2D eigenvalue weighted by molar-refractivity contribution is 6.42. The Kier molecular flexibility index (Phi) is 11.4. The van der Waals surface area contributed by atoms with E-state index in [-0.39, 0.29) is 18.0 Å². The standard InChI is InChI=1S/C27H43Cl2N3O3/c1-30-18-22(17-20-9-3-4-10-20)31-26(33)32-15-8-11-21(19-32)27(34,14-5-6-16-35-2)23-12-7-13-24(28)25(23)29/h7,12-13,20-22,30,34H,3-6,8-11,14-19H2,1-2H3,(H,31,33). The van der Waals surface area contributed by atoms with Crippen LogP contribution < -0.4 is 10.6 Å². The lowest BCUT2D eigenvalue weighted by molar-refractivity contribution is -0.0563. The Labute approximate surface area is 221 Å². The van der Waals surface area contributed by atoms with Crippen molar-refractivity contribution in [3.05, 3.63) is 33.8 Å². The number of likely N-dealkylation sites (tertiary alicyclic amines) is 1. The van der Waals surface area contributed by atoms with Gasteiger partial charge in [-0.15, -0.1) is 0 Å². The molecule has 1 aromatic rings. The fourth-order valence-electron chi connectivity index (χ4n) is 5.94. The van der Waals surface area contributed by atoms with Crippen LogP contribution in [0.15, 0.2) is 18.2 Å². The molecule has 2 aliphatic rings. The Morgan fingerprint density at radius 2 is 2.00 bits per heavy atom. The van der Waals surface area contributed by atoms with Crippen LogP contribution in [0.2, 0.25) is 10.0 Å². The zero-order valence-corrected chi connectivity index (χ0v) is 22.8. The number of unbranched alkanes of at least 4 members (excludes halogenated alkanes) is 1. The van der Waals surface area contributed by atoms with Crippen molar-refractivity contribution in [1.29, 1.82) is 0 Å². The van der Waals surface area contributed by atoms with E-state index in [1.54, 1.807) is 13.2 Å². The van der Waals surface area contributed by atoms with Gasteiger partial charge in [0.25, 0.3) is 0 Å². The molecule has 3 N–H and O–H groups in total. The molecule has 198 valence electrons. The Morgan fingerprint density at radius 1 is 1.23 bits per heavy atom. The summed E-state index contributed by atoms with van der Waals surface area (Å²) in [5, 5.41) is 19.5. The minimum atomic E-state index is -1.16. The van der Waals surface area contributed by atoms with E-state index in [1.165, 1.54) is 25.7 Å². The molecule has 3 atom stereocenters. The number of amides is 2. The summed E-state index contributed by atoms with van der Waals surface area (Å²) in [6.45, 7) is 2.60. The van der Waals surface area contributed by atoms with Crippen molar-refractivity contribution in [3.63, 3.8) is 0 Å². The van der Waals surface area contributed by atoms with Crippen LogP contribution in [0.3, 0.4) is 0 Å². The Balaban J connectivity index is 1.73. The molecule has 0 radical (unpaired) electrons. The lowest BCUT2D eigenvalue weighted by Crippen LogP contribution is -2.54. The van der Waals surface area contributed by atoms with Gasteiger partial charge in [-0.1, -0.05) is 61.0 Å². The van der Waals surface area contributed by atoms with Crippen LogP contribution in [0.4, 0.5) is 4.79 Å². The number of nitrogens with zero attached hydrogens (tertiary/aromatic N) is 1. The molecule has 2 amide bonds. The first kappa shape index (κ1) is 28.5. The lowest BCUT2D eigenvalue weighted by Gasteiger charge is -2.43. The lowest BCUT2D eigenvalue weighted by atomic mass is 9.74. The van der Waals surface area contributed by atoms with Crippen molar-refractivity contribution < 1.29 is 14.6 Å². The Hall–Kier alpha value is -1.05. The molecule has 0 aromatic heterocycles. The smallest absolute Gasteiger partial charge is 0.317 e. The van der Waals surface area contributed by atoms with Gasteiger partial charge in [0, 0.05) is 50.9 Å². The molecular formula is C27H43Cl2N3O3. The summed E-state index contributed by atoms with van der Waals surface area (Å²) in [6, 6.07) is 5.53. The van der Waals surface area contributed by atoms with Gasteiger partial charge in [-0.25, -0.2) is 4.79 Å².